The lowest BCUT2D eigenvalue weighted by molar-refractivity contribution is 0.247. The average molecular weight is 201 g/mol. The van der Waals surface area contributed by atoms with Crippen LogP contribution in [0.15, 0.2) is 0 Å². The molecule has 2 heteroatoms. The Balaban J connectivity index is 2.17. The van der Waals surface area contributed by atoms with Gasteiger partial charge in [-0.2, -0.15) is 11.8 Å². The molecule has 2 atom stereocenters. The third-order valence-electron chi connectivity index (χ3n) is 3.12. The van der Waals surface area contributed by atoms with Crippen molar-refractivity contribution in [2.75, 3.05) is 18.1 Å². The molecular formula is C11H23NS. The van der Waals surface area contributed by atoms with Crippen LogP contribution < -0.4 is 5.32 Å². The summed E-state index contributed by atoms with van der Waals surface area (Å²) in [5.74, 6) is 3.43. The molecule has 1 aliphatic rings. The second kappa shape index (κ2) is 4.70. The van der Waals surface area contributed by atoms with Gasteiger partial charge in [0, 0.05) is 11.8 Å². The zero-order chi connectivity index (χ0) is 9.90. The number of rotatable bonds is 3. The van der Waals surface area contributed by atoms with Gasteiger partial charge in [-0.1, -0.05) is 27.7 Å². The molecule has 0 aromatic carbocycles. The second-order valence-electron chi connectivity index (χ2n) is 5.24. The van der Waals surface area contributed by atoms with Crippen molar-refractivity contribution in [2.45, 2.75) is 40.2 Å². The molecule has 0 spiro atoms. The van der Waals surface area contributed by atoms with Crippen LogP contribution >= 0.6 is 11.8 Å². The van der Waals surface area contributed by atoms with Crippen LogP contribution in [-0.2, 0) is 0 Å². The highest BCUT2D eigenvalue weighted by molar-refractivity contribution is 7.99. The van der Waals surface area contributed by atoms with Gasteiger partial charge in [0.25, 0.3) is 0 Å². The van der Waals surface area contributed by atoms with Gasteiger partial charge in [-0.15, -0.1) is 0 Å². The maximum Gasteiger partial charge on any atom is 0.0166 e. The highest BCUT2D eigenvalue weighted by Crippen LogP contribution is 2.25. The summed E-state index contributed by atoms with van der Waals surface area (Å²) in [6.07, 6.45) is 1.36. The van der Waals surface area contributed by atoms with Crippen LogP contribution in [0.4, 0.5) is 0 Å². The minimum Gasteiger partial charge on any atom is -0.313 e. The Morgan fingerprint density at radius 2 is 2.15 bits per heavy atom. The van der Waals surface area contributed by atoms with E-state index < -0.39 is 0 Å². The van der Waals surface area contributed by atoms with Crippen molar-refractivity contribution in [2.24, 2.45) is 11.3 Å². The summed E-state index contributed by atoms with van der Waals surface area (Å²) in [5.41, 5.74) is 0.443. The third-order valence-corrected chi connectivity index (χ3v) is 4.28. The molecule has 1 heterocycles. The summed E-state index contributed by atoms with van der Waals surface area (Å²) >= 11 is 2.08. The Kier molecular flexibility index (Phi) is 4.11. The Labute approximate surface area is 87.1 Å². The van der Waals surface area contributed by atoms with Crippen LogP contribution in [0.5, 0.6) is 0 Å². The van der Waals surface area contributed by atoms with E-state index in [1.807, 2.05) is 0 Å². The molecule has 0 aromatic heterocycles. The number of nitrogens with one attached hydrogen (secondary N) is 1. The molecule has 1 nitrogen and oxygen atoms in total. The highest BCUT2D eigenvalue weighted by atomic mass is 32.2. The molecule has 0 aliphatic carbocycles. The Morgan fingerprint density at radius 3 is 2.62 bits per heavy atom. The fraction of sp³-hybridized carbons (Fsp3) is 1.00. The average Bonchev–Trinajstić information content (AvgIpc) is 2.50. The quantitative estimate of drug-likeness (QED) is 0.753. The van der Waals surface area contributed by atoms with Gasteiger partial charge in [0.05, 0.1) is 0 Å². The second-order valence-corrected chi connectivity index (χ2v) is 6.39. The van der Waals surface area contributed by atoms with Crippen molar-refractivity contribution in [3.63, 3.8) is 0 Å². The SMILES string of the molecule is CC(CNC1CCSC1)C(C)(C)C. The summed E-state index contributed by atoms with van der Waals surface area (Å²) in [6.45, 7) is 10.5. The van der Waals surface area contributed by atoms with Gasteiger partial charge < -0.3 is 5.32 Å². The molecule has 0 aromatic rings. The van der Waals surface area contributed by atoms with Crippen LogP contribution in [0.3, 0.4) is 0 Å². The van der Waals surface area contributed by atoms with Crippen molar-refractivity contribution in [3.8, 4) is 0 Å². The fourth-order valence-electron chi connectivity index (χ4n) is 1.35. The van der Waals surface area contributed by atoms with Gasteiger partial charge in [-0.3, -0.25) is 0 Å². The smallest absolute Gasteiger partial charge is 0.0166 e. The van der Waals surface area contributed by atoms with Crippen LogP contribution in [0.2, 0.25) is 0 Å². The molecule has 13 heavy (non-hydrogen) atoms. The van der Waals surface area contributed by atoms with Gasteiger partial charge >= 0.3 is 0 Å². The number of thioether (sulfide) groups is 1. The van der Waals surface area contributed by atoms with Crippen molar-refractivity contribution in [3.05, 3.63) is 0 Å². The predicted molar refractivity (Wildman–Crippen MR) is 62.4 cm³/mol. The molecule has 0 bridgehead atoms. The highest BCUT2D eigenvalue weighted by Gasteiger charge is 2.22. The van der Waals surface area contributed by atoms with Crippen molar-refractivity contribution < 1.29 is 0 Å². The fourth-order valence-corrected chi connectivity index (χ4v) is 2.53. The first-order valence-corrected chi connectivity index (χ1v) is 6.47. The molecule has 1 fully saturated rings. The topological polar surface area (TPSA) is 12.0 Å². The van der Waals surface area contributed by atoms with Crippen LogP contribution in [0, 0.1) is 11.3 Å². The van der Waals surface area contributed by atoms with Crippen LogP contribution in [0.1, 0.15) is 34.1 Å². The molecule has 1 N–H and O–H groups in total. The lowest BCUT2D eigenvalue weighted by Gasteiger charge is -2.28. The van der Waals surface area contributed by atoms with E-state index in [1.165, 1.54) is 24.5 Å². The molecule has 78 valence electrons. The van der Waals surface area contributed by atoms with Gasteiger partial charge in [-0.25, -0.2) is 0 Å². The first-order valence-electron chi connectivity index (χ1n) is 5.31. The Hall–Kier alpha value is 0.310. The van der Waals surface area contributed by atoms with E-state index in [1.54, 1.807) is 0 Å². The van der Waals surface area contributed by atoms with Crippen molar-refractivity contribution >= 4 is 11.8 Å². The number of hydrogen-bond acceptors (Lipinski definition) is 2. The maximum atomic E-state index is 3.67. The van der Waals surface area contributed by atoms with E-state index in [4.69, 9.17) is 0 Å². The first-order chi connectivity index (χ1) is 6.00. The zero-order valence-electron chi connectivity index (χ0n) is 9.39. The molecule has 1 aliphatic heterocycles. The Morgan fingerprint density at radius 1 is 1.46 bits per heavy atom. The molecule has 2 unspecified atom stereocenters. The number of hydrogen-bond donors (Lipinski definition) is 1. The van der Waals surface area contributed by atoms with Gasteiger partial charge in [0.15, 0.2) is 0 Å². The summed E-state index contributed by atoms with van der Waals surface area (Å²) in [7, 11) is 0. The minimum absolute atomic E-state index is 0.443. The maximum absolute atomic E-state index is 3.67. The van der Waals surface area contributed by atoms with E-state index in [0.29, 0.717) is 5.41 Å². The van der Waals surface area contributed by atoms with E-state index in [-0.39, 0.29) is 0 Å². The molecule has 1 rings (SSSR count). The zero-order valence-corrected chi connectivity index (χ0v) is 10.2. The molecule has 0 radical (unpaired) electrons. The van der Waals surface area contributed by atoms with Crippen LogP contribution in [0.25, 0.3) is 0 Å². The lowest BCUT2D eigenvalue weighted by atomic mass is 9.82. The summed E-state index contributed by atoms with van der Waals surface area (Å²) in [4.78, 5) is 0. The van der Waals surface area contributed by atoms with Gasteiger partial charge in [-0.05, 0) is 30.1 Å². The van der Waals surface area contributed by atoms with E-state index in [2.05, 4.69) is 44.8 Å². The largest absolute Gasteiger partial charge is 0.313 e. The standard InChI is InChI=1S/C11H23NS/c1-9(11(2,3)4)7-12-10-5-6-13-8-10/h9-10,12H,5-8H2,1-4H3. The van der Waals surface area contributed by atoms with Gasteiger partial charge in [0.2, 0.25) is 0 Å². The third kappa shape index (κ3) is 3.90. The van der Waals surface area contributed by atoms with Crippen molar-refractivity contribution in [1.82, 2.24) is 5.32 Å². The van der Waals surface area contributed by atoms with E-state index in [0.717, 1.165) is 12.0 Å². The molecule has 0 amide bonds. The molecule has 0 saturated carbocycles. The summed E-state index contributed by atoms with van der Waals surface area (Å²) in [5, 5.41) is 3.67. The van der Waals surface area contributed by atoms with E-state index >= 15 is 0 Å². The summed E-state index contributed by atoms with van der Waals surface area (Å²) in [6, 6.07) is 0.787. The molecule has 1 saturated heterocycles. The first kappa shape index (κ1) is 11.4. The normalized spacial score (nSPS) is 26.3. The lowest BCUT2D eigenvalue weighted by Crippen LogP contribution is -2.36. The minimum atomic E-state index is 0.443. The Bertz CT molecular complexity index is 145. The van der Waals surface area contributed by atoms with Crippen LogP contribution in [-0.4, -0.2) is 24.1 Å². The molecular weight excluding hydrogens is 178 g/mol. The predicted octanol–water partition coefficient (Wildman–Crippen LogP) is 2.76. The monoisotopic (exact) mass is 201 g/mol. The van der Waals surface area contributed by atoms with Gasteiger partial charge in [0.1, 0.15) is 0 Å². The van der Waals surface area contributed by atoms with E-state index in [9.17, 15) is 0 Å². The van der Waals surface area contributed by atoms with Crippen molar-refractivity contribution in [1.29, 1.82) is 0 Å². The summed E-state index contributed by atoms with van der Waals surface area (Å²) < 4.78 is 0.